The SMILES string of the molecule is CNC(c1ccc(F)c(F)c1)C(C)OC. The monoisotopic (exact) mass is 215 g/mol. The maximum absolute atomic E-state index is 13.0. The fraction of sp³-hybridized carbons (Fsp3) is 0.455. The Labute approximate surface area is 88.3 Å². The van der Waals surface area contributed by atoms with Gasteiger partial charge in [0.1, 0.15) is 0 Å². The van der Waals surface area contributed by atoms with Gasteiger partial charge in [-0.1, -0.05) is 6.07 Å². The number of methoxy groups -OCH3 is 1. The number of likely N-dealkylation sites (N-methyl/N-ethyl adjacent to an activating group) is 1. The average molecular weight is 215 g/mol. The fourth-order valence-corrected chi connectivity index (χ4v) is 1.51. The van der Waals surface area contributed by atoms with Crippen molar-refractivity contribution >= 4 is 0 Å². The van der Waals surface area contributed by atoms with Gasteiger partial charge >= 0.3 is 0 Å². The van der Waals surface area contributed by atoms with E-state index in [1.54, 1.807) is 20.2 Å². The quantitative estimate of drug-likeness (QED) is 0.831. The molecule has 0 saturated carbocycles. The zero-order chi connectivity index (χ0) is 11.4. The molecule has 15 heavy (non-hydrogen) atoms. The summed E-state index contributed by atoms with van der Waals surface area (Å²) in [5, 5.41) is 3.00. The van der Waals surface area contributed by atoms with Crippen LogP contribution in [0.4, 0.5) is 8.78 Å². The van der Waals surface area contributed by atoms with Crippen molar-refractivity contribution in [3.8, 4) is 0 Å². The van der Waals surface area contributed by atoms with E-state index in [0.717, 1.165) is 6.07 Å². The minimum Gasteiger partial charge on any atom is -0.380 e. The van der Waals surface area contributed by atoms with E-state index in [1.165, 1.54) is 6.07 Å². The van der Waals surface area contributed by atoms with Crippen LogP contribution in [0.2, 0.25) is 0 Å². The lowest BCUT2D eigenvalue weighted by atomic mass is 10.0. The Kier molecular flexibility index (Phi) is 4.17. The van der Waals surface area contributed by atoms with Gasteiger partial charge in [-0.3, -0.25) is 0 Å². The minimum absolute atomic E-state index is 0.111. The Morgan fingerprint density at radius 3 is 2.40 bits per heavy atom. The Hall–Kier alpha value is -1.00. The normalized spacial score (nSPS) is 15.0. The van der Waals surface area contributed by atoms with Crippen LogP contribution in [0.5, 0.6) is 0 Å². The number of halogens is 2. The Balaban J connectivity index is 2.97. The van der Waals surface area contributed by atoms with Gasteiger partial charge in [0, 0.05) is 7.11 Å². The molecule has 0 radical (unpaired) electrons. The molecule has 0 bridgehead atoms. The van der Waals surface area contributed by atoms with E-state index in [1.807, 2.05) is 6.92 Å². The molecule has 84 valence electrons. The largest absolute Gasteiger partial charge is 0.380 e. The molecule has 0 aliphatic rings. The van der Waals surface area contributed by atoms with Crippen LogP contribution in [0.15, 0.2) is 18.2 Å². The lowest BCUT2D eigenvalue weighted by molar-refractivity contribution is 0.0855. The van der Waals surface area contributed by atoms with Crippen molar-refractivity contribution in [1.29, 1.82) is 0 Å². The molecule has 4 heteroatoms. The van der Waals surface area contributed by atoms with E-state index in [2.05, 4.69) is 5.32 Å². The van der Waals surface area contributed by atoms with Crippen LogP contribution in [0.1, 0.15) is 18.5 Å². The molecular formula is C11H15F2NO. The molecule has 1 N–H and O–H groups in total. The molecule has 0 heterocycles. The number of hydrogen-bond donors (Lipinski definition) is 1. The molecule has 0 saturated heterocycles. The first-order valence-corrected chi connectivity index (χ1v) is 4.75. The first-order chi connectivity index (χ1) is 7.10. The standard InChI is InChI=1S/C11H15F2NO/c1-7(15-3)11(14-2)8-4-5-9(12)10(13)6-8/h4-7,11,14H,1-3H3. The summed E-state index contributed by atoms with van der Waals surface area (Å²) in [4.78, 5) is 0. The van der Waals surface area contributed by atoms with Crippen LogP contribution < -0.4 is 5.32 Å². The summed E-state index contributed by atoms with van der Waals surface area (Å²) in [5.74, 6) is -1.67. The molecule has 1 aromatic carbocycles. The number of nitrogens with one attached hydrogen (secondary N) is 1. The summed E-state index contributed by atoms with van der Waals surface area (Å²) in [6.07, 6.45) is -0.111. The third-order valence-corrected chi connectivity index (χ3v) is 2.45. The molecule has 2 atom stereocenters. The van der Waals surface area contributed by atoms with Gasteiger partial charge in [0.25, 0.3) is 0 Å². The summed E-state index contributed by atoms with van der Waals surface area (Å²) in [6, 6.07) is 3.71. The molecule has 2 nitrogen and oxygen atoms in total. The van der Waals surface area contributed by atoms with Crippen LogP contribution in [0.3, 0.4) is 0 Å². The molecule has 0 amide bonds. The van der Waals surface area contributed by atoms with Crippen LogP contribution in [0, 0.1) is 11.6 Å². The van der Waals surface area contributed by atoms with E-state index in [-0.39, 0.29) is 12.1 Å². The highest BCUT2D eigenvalue weighted by atomic mass is 19.2. The third-order valence-electron chi connectivity index (χ3n) is 2.45. The Morgan fingerprint density at radius 1 is 1.27 bits per heavy atom. The van der Waals surface area contributed by atoms with Gasteiger partial charge < -0.3 is 10.1 Å². The highest BCUT2D eigenvalue weighted by Gasteiger charge is 2.18. The zero-order valence-electron chi connectivity index (χ0n) is 9.05. The van der Waals surface area contributed by atoms with E-state index in [0.29, 0.717) is 5.56 Å². The topological polar surface area (TPSA) is 21.3 Å². The lowest BCUT2D eigenvalue weighted by Crippen LogP contribution is -2.28. The van der Waals surface area contributed by atoms with Crippen molar-refractivity contribution in [2.24, 2.45) is 0 Å². The van der Waals surface area contributed by atoms with Crippen molar-refractivity contribution < 1.29 is 13.5 Å². The molecule has 0 aliphatic carbocycles. The van der Waals surface area contributed by atoms with Crippen LogP contribution in [-0.4, -0.2) is 20.3 Å². The summed E-state index contributed by atoms with van der Waals surface area (Å²) in [7, 11) is 3.33. The molecule has 1 aromatic rings. The highest BCUT2D eigenvalue weighted by Crippen LogP contribution is 2.20. The van der Waals surface area contributed by atoms with E-state index < -0.39 is 11.6 Å². The second-order valence-electron chi connectivity index (χ2n) is 3.38. The highest BCUT2D eigenvalue weighted by molar-refractivity contribution is 5.22. The Morgan fingerprint density at radius 2 is 1.93 bits per heavy atom. The number of hydrogen-bond acceptors (Lipinski definition) is 2. The molecule has 1 rings (SSSR count). The average Bonchev–Trinajstić information content (AvgIpc) is 2.24. The van der Waals surface area contributed by atoms with Gasteiger partial charge in [0.15, 0.2) is 11.6 Å². The van der Waals surface area contributed by atoms with Gasteiger partial charge in [0.2, 0.25) is 0 Å². The van der Waals surface area contributed by atoms with Gasteiger partial charge in [0.05, 0.1) is 12.1 Å². The van der Waals surface area contributed by atoms with Crippen molar-refractivity contribution in [2.45, 2.75) is 19.1 Å². The van der Waals surface area contributed by atoms with Crippen molar-refractivity contribution in [1.82, 2.24) is 5.32 Å². The Bertz CT molecular complexity index is 330. The maximum Gasteiger partial charge on any atom is 0.159 e. The molecule has 0 fully saturated rings. The molecule has 0 aromatic heterocycles. The first-order valence-electron chi connectivity index (χ1n) is 4.75. The summed E-state index contributed by atoms with van der Waals surface area (Å²) in [5.41, 5.74) is 0.672. The number of ether oxygens (including phenoxy) is 1. The van der Waals surface area contributed by atoms with Crippen LogP contribution >= 0.6 is 0 Å². The molecule has 0 aliphatic heterocycles. The van der Waals surface area contributed by atoms with Gasteiger partial charge in [-0.2, -0.15) is 0 Å². The van der Waals surface area contributed by atoms with Gasteiger partial charge in [-0.25, -0.2) is 8.78 Å². The molecular weight excluding hydrogens is 200 g/mol. The number of benzene rings is 1. The number of rotatable bonds is 4. The van der Waals surface area contributed by atoms with E-state index in [9.17, 15) is 8.78 Å². The second kappa shape index (κ2) is 5.19. The molecule has 0 spiro atoms. The summed E-state index contributed by atoms with van der Waals surface area (Å²) in [6.45, 7) is 1.86. The first kappa shape index (κ1) is 12.1. The minimum atomic E-state index is -0.837. The predicted molar refractivity (Wildman–Crippen MR) is 54.6 cm³/mol. The van der Waals surface area contributed by atoms with Crippen molar-refractivity contribution in [3.05, 3.63) is 35.4 Å². The zero-order valence-corrected chi connectivity index (χ0v) is 9.05. The third kappa shape index (κ3) is 2.73. The molecule has 2 unspecified atom stereocenters. The lowest BCUT2D eigenvalue weighted by Gasteiger charge is -2.22. The second-order valence-corrected chi connectivity index (χ2v) is 3.38. The maximum atomic E-state index is 13.0. The predicted octanol–water partition coefficient (Wildman–Crippen LogP) is 2.26. The summed E-state index contributed by atoms with van der Waals surface area (Å²) < 4.78 is 30.9. The van der Waals surface area contributed by atoms with E-state index >= 15 is 0 Å². The van der Waals surface area contributed by atoms with Crippen LogP contribution in [-0.2, 0) is 4.74 Å². The van der Waals surface area contributed by atoms with Crippen LogP contribution in [0.25, 0.3) is 0 Å². The van der Waals surface area contributed by atoms with Crippen molar-refractivity contribution in [3.63, 3.8) is 0 Å². The van der Waals surface area contributed by atoms with E-state index in [4.69, 9.17) is 4.74 Å². The summed E-state index contributed by atoms with van der Waals surface area (Å²) >= 11 is 0. The van der Waals surface area contributed by atoms with Crippen molar-refractivity contribution in [2.75, 3.05) is 14.2 Å². The fourth-order valence-electron chi connectivity index (χ4n) is 1.51. The van der Waals surface area contributed by atoms with Gasteiger partial charge in [-0.05, 0) is 31.7 Å². The van der Waals surface area contributed by atoms with Gasteiger partial charge in [-0.15, -0.1) is 0 Å². The smallest absolute Gasteiger partial charge is 0.159 e.